The van der Waals surface area contributed by atoms with Crippen molar-refractivity contribution < 1.29 is 9.50 Å². The van der Waals surface area contributed by atoms with E-state index in [2.05, 4.69) is 21.2 Å². The van der Waals surface area contributed by atoms with E-state index in [0.29, 0.717) is 21.8 Å². The highest BCUT2D eigenvalue weighted by Gasteiger charge is 2.20. The topological polar surface area (TPSA) is 58.3 Å². The van der Waals surface area contributed by atoms with Crippen molar-refractivity contribution in [2.45, 2.75) is 31.8 Å². The first-order chi connectivity index (χ1) is 8.56. The highest BCUT2D eigenvalue weighted by atomic mass is 79.9. The lowest BCUT2D eigenvalue weighted by Crippen LogP contribution is -2.25. The van der Waals surface area contributed by atoms with Gasteiger partial charge in [-0.25, -0.2) is 4.39 Å². The number of benzene rings is 1. The van der Waals surface area contributed by atoms with Gasteiger partial charge in [0.15, 0.2) is 0 Å². The number of nitrogens with two attached hydrogens (primary N) is 1. The predicted octanol–water partition coefficient (Wildman–Crippen LogP) is 3.13. The molecule has 100 valence electrons. The number of aliphatic hydroxyl groups is 1. The van der Waals surface area contributed by atoms with Gasteiger partial charge in [0.25, 0.3) is 0 Å². The number of aliphatic hydroxyl groups excluding tert-OH is 1. The molecule has 18 heavy (non-hydrogen) atoms. The molecule has 0 heterocycles. The lowest BCUT2D eigenvalue weighted by atomic mass is 9.87. The largest absolute Gasteiger partial charge is 0.397 e. The quantitative estimate of drug-likeness (QED) is 0.751. The van der Waals surface area contributed by atoms with E-state index in [1.54, 1.807) is 6.07 Å². The molecule has 0 bridgehead atoms. The summed E-state index contributed by atoms with van der Waals surface area (Å²) in [6.07, 6.45) is 3.67. The molecule has 1 aromatic rings. The number of halogens is 2. The van der Waals surface area contributed by atoms with Crippen LogP contribution in [-0.4, -0.2) is 17.8 Å². The molecule has 1 aliphatic carbocycles. The van der Waals surface area contributed by atoms with Gasteiger partial charge >= 0.3 is 0 Å². The highest BCUT2D eigenvalue weighted by Crippen LogP contribution is 2.28. The fourth-order valence-corrected chi connectivity index (χ4v) is 2.78. The Labute approximate surface area is 115 Å². The van der Waals surface area contributed by atoms with Gasteiger partial charge in [-0.05, 0) is 47.2 Å². The van der Waals surface area contributed by atoms with E-state index in [-0.39, 0.29) is 11.9 Å². The molecule has 2 rings (SSSR count). The monoisotopic (exact) mass is 316 g/mol. The molecule has 3 nitrogen and oxygen atoms in total. The minimum Gasteiger partial charge on any atom is -0.397 e. The van der Waals surface area contributed by atoms with Crippen LogP contribution in [0.25, 0.3) is 0 Å². The van der Waals surface area contributed by atoms with Gasteiger partial charge in [-0.2, -0.15) is 0 Å². The fourth-order valence-electron chi connectivity index (χ4n) is 2.42. The molecule has 5 heteroatoms. The maximum atomic E-state index is 13.4. The van der Waals surface area contributed by atoms with Crippen molar-refractivity contribution in [1.82, 2.24) is 0 Å². The molecular weight excluding hydrogens is 299 g/mol. The molecule has 1 saturated carbocycles. The van der Waals surface area contributed by atoms with E-state index in [9.17, 15) is 9.50 Å². The van der Waals surface area contributed by atoms with Crippen molar-refractivity contribution in [2.75, 3.05) is 17.6 Å². The number of rotatable bonds is 3. The smallest absolute Gasteiger partial charge is 0.139 e. The van der Waals surface area contributed by atoms with Gasteiger partial charge in [0, 0.05) is 12.6 Å². The first kappa shape index (κ1) is 13.6. The fraction of sp³-hybridized carbons (Fsp3) is 0.538. The summed E-state index contributed by atoms with van der Waals surface area (Å²) in [5.41, 5.74) is 6.97. The van der Waals surface area contributed by atoms with Crippen LogP contribution in [0.5, 0.6) is 0 Å². The lowest BCUT2D eigenvalue weighted by Gasteiger charge is -2.26. The van der Waals surface area contributed by atoms with E-state index in [4.69, 9.17) is 5.73 Å². The molecule has 2 atom stereocenters. The molecule has 0 amide bonds. The first-order valence-electron chi connectivity index (χ1n) is 6.22. The molecule has 1 fully saturated rings. The van der Waals surface area contributed by atoms with E-state index in [1.165, 1.54) is 6.07 Å². The zero-order chi connectivity index (χ0) is 13.1. The van der Waals surface area contributed by atoms with Gasteiger partial charge < -0.3 is 16.2 Å². The number of nitrogen functional groups attached to an aromatic ring is 1. The standard InChI is InChI=1S/C13H18BrFN2O/c14-10-5-12(16)13(6-11(10)15)17-7-8-2-1-3-9(18)4-8/h5-6,8-9,17-18H,1-4,7,16H2. The summed E-state index contributed by atoms with van der Waals surface area (Å²) in [5, 5.41) is 12.8. The van der Waals surface area contributed by atoms with Gasteiger partial charge in [-0.1, -0.05) is 6.42 Å². The van der Waals surface area contributed by atoms with Crippen molar-refractivity contribution >= 4 is 27.3 Å². The summed E-state index contributed by atoms with van der Waals surface area (Å²) in [5.74, 6) is 0.107. The molecule has 0 radical (unpaired) electrons. The number of nitrogens with one attached hydrogen (secondary N) is 1. The minimum absolute atomic E-state index is 0.190. The maximum absolute atomic E-state index is 13.4. The Morgan fingerprint density at radius 3 is 2.94 bits per heavy atom. The van der Waals surface area contributed by atoms with Crippen molar-refractivity contribution in [1.29, 1.82) is 0 Å². The Morgan fingerprint density at radius 1 is 1.44 bits per heavy atom. The summed E-state index contributed by atoms with van der Waals surface area (Å²) in [6, 6.07) is 2.96. The average Bonchev–Trinajstić information content (AvgIpc) is 2.32. The third-order valence-corrected chi connectivity index (χ3v) is 4.04. The third kappa shape index (κ3) is 3.36. The lowest BCUT2D eigenvalue weighted by molar-refractivity contribution is 0.105. The zero-order valence-electron chi connectivity index (χ0n) is 10.1. The Bertz CT molecular complexity index is 428. The summed E-state index contributed by atoms with van der Waals surface area (Å²) in [6.45, 7) is 0.725. The van der Waals surface area contributed by atoms with E-state index < -0.39 is 0 Å². The van der Waals surface area contributed by atoms with Gasteiger partial charge in [-0.15, -0.1) is 0 Å². The molecule has 0 aromatic heterocycles. The second-order valence-electron chi connectivity index (χ2n) is 4.92. The number of hydrogen-bond donors (Lipinski definition) is 3. The zero-order valence-corrected chi connectivity index (χ0v) is 11.7. The minimum atomic E-state index is -0.324. The van der Waals surface area contributed by atoms with Crippen LogP contribution in [0.4, 0.5) is 15.8 Å². The molecule has 0 saturated heterocycles. The summed E-state index contributed by atoms with van der Waals surface area (Å²) >= 11 is 3.10. The van der Waals surface area contributed by atoms with Crippen LogP contribution in [0, 0.1) is 11.7 Å². The van der Waals surface area contributed by atoms with Crippen LogP contribution in [0.3, 0.4) is 0 Å². The Morgan fingerprint density at radius 2 is 2.22 bits per heavy atom. The average molecular weight is 317 g/mol. The van der Waals surface area contributed by atoms with Crippen LogP contribution >= 0.6 is 15.9 Å². The second-order valence-corrected chi connectivity index (χ2v) is 5.78. The van der Waals surface area contributed by atoms with Crippen LogP contribution in [0.2, 0.25) is 0 Å². The molecule has 1 aromatic carbocycles. The normalized spacial score (nSPS) is 23.9. The van der Waals surface area contributed by atoms with Crippen LogP contribution in [-0.2, 0) is 0 Å². The second kappa shape index (κ2) is 5.89. The van der Waals surface area contributed by atoms with Gasteiger partial charge in [0.1, 0.15) is 5.82 Å². The van der Waals surface area contributed by atoms with Crippen LogP contribution < -0.4 is 11.1 Å². The Hall–Kier alpha value is -0.810. The van der Waals surface area contributed by atoms with Crippen LogP contribution in [0.15, 0.2) is 16.6 Å². The molecule has 0 spiro atoms. The van der Waals surface area contributed by atoms with Crippen molar-refractivity contribution in [3.63, 3.8) is 0 Å². The molecular formula is C13H18BrFN2O. The SMILES string of the molecule is Nc1cc(Br)c(F)cc1NCC1CCCC(O)C1. The first-order valence-corrected chi connectivity index (χ1v) is 7.02. The Balaban J connectivity index is 1.95. The predicted molar refractivity (Wildman–Crippen MR) is 75.0 cm³/mol. The molecule has 2 unspecified atom stereocenters. The van der Waals surface area contributed by atoms with Crippen molar-refractivity contribution in [3.8, 4) is 0 Å². The van der Waals surface area contributed by atoms with Crippen molar-refractivity contribution in [2.24, 2.45) is 5.92 Å². The molecule has 0 aliphatic heterocycles. The van der Waals surface area contributed by atoms with Gasteiger partial charge in [-0.3, -0.25) is 0 Å². The van der Waals surface area contributed by atoms with E-state index in [1.807, 2.05) is 0 Å². The van der Waals surface area contributed by atoms with Crippen LogP contribution in [0.1, 0.15) is 25.7 Å². The number of anilines is 2. The molecule has 4 N–H and O–H groups in total. The van der Waals surface area contributed by atoms with E-state index in [0.717, 1.165) is 32.2 Å². The van der Waals surface area contributed by atoms with Gasteiger partial charge in [0.2, 0.25) is 0 Å². The van der Waals surface area contributed by atoms with Gasteiger partial charge in [0.05, 0.1) is 22.0 Å². The number of hydrogen-bond acceptors (Lipinski definition) is 3. The third-order valence-electron chi connectivity index (χ3n) is 3.43. The van der Waals surface area contributed by atoms with E-state index >= 15 is 0 Å². The summed E-state index contributed by atoms with van der Waals surface area (Å²) < 4.78 is 13.8. The van der Waals surface area contributed by atoms with Crippen molar-refractivity contribution in [3.05, 3.63) is 22.4 Å². The molecule has 1 aliphatic rings. The Kier molecular flexibility index (Phi) is 4.45. The highest BCUT2D eigenvalue weighted by molar-refractivity contribution is 9.10. The summed E-state index contributed by atoms with van der Waals surface area (Å²) in [7, 11) is 0. The summed E-state index contributed by atoms with van der Waals surface area (Å²) in [4.78, 5) is 0. The maximum Gasteiger partial charge on any atom is 0.139 e.